The molecule has 0 heterocycles. The topological polar surface area (TPSA) is 20.2 Å². The molecule has 0 aliphatic heterocycles. The maximum absolute atomic E-state index is 10.1. The summed E-state index contributed by atoms with van der Waals surface area (Å²) in [6.07, 6.45) is 11.1. The van der Waals surface area contributed by atoms with Crippen LogP contribution in [0.4, 0.5) is 0 Å². The van der Waals surface area contributed by atoms with Crippen LogP contribution in [0.25, 0.3) is 0 Å². The van der Waals surface area contributed by atoms with Gasteiger partial charge in [0, 0.05) is 5.92 Å². The molecule has 1 aliphatic rings. The highest BCUT2D eigenvalue weighted by molar-refractivity contribution is 4.99. The van der Waals surface area contributed by atoms with Crippen molar-refractivity contribution in [3.8, 4) is 0 Å². The lowest BCUT2D eigenvalue weighted by Gasteiger charge is -2.23. The largest absolute Gasteiger partial charge is 0.393 e. The van der Waals surface area contributed by atoms with Crippen molar-refractivity contribution in [2.75, 3.05) is 0 Å². The lowest BCUT2D eigenvalue weighted by molar-refractivity contribution is 0.107. The Kier molecular flexibility index (Phi) is 6.00. The predicted molar refractivity (Wildman–Crippen MR) is 65.9 cm³/mol. The van der Waals surface area contributed by atoms with Gasteiger partial charge in [-0.15, -0.1) is 0 Å². The van der Waals surface area contributed by atoms with E-state index in [4.69, 9.17) is 0 Å². The lowest BCUT2D eigenvalue weighted by Crippen LogP contribution is -2.21. The minimum atomic E-state index is -0.138. The van der Waals surface area contributed by atoms with E-state index in [2.05, 4.69) is 13.5 Å². The Bertz CT molecular complexity index is 186. The molecule has 88 valence electrons. The van der Waals surface area contributed by atoms with Gasteiger partial charge in [0.05, 0.1) is 6.10 Å². The highest BCUT2D eigenvalue weighted by Crippen LogP contribution is 2.26. The summed E-state index contributed by atoms with van der Waals surface area (Å²) in [5.41, 5.74) is 1.17. The number of aliphatic hydroxyl groups excluding tert-OH is 1. The van der Waals surface area contributed by atoms with Gasteiger partial charge in [0.15, 0.2) is 0 Å². The van der Waals surface area contributed by atoms with E-state index in [0.717, 1.165) is 12.8 Å². The van der Waals surface area contributed by atoms with Crippen LogP contribution < -0.4 is 0 Å². The molecule has 0 aromatic heterocycles. The van der Waals surface area contributed by atoms with Crippen LogP contribution in [0.3, 0.4) is 0 Å². The molecule has 0 aromatic carbocycles. The van der Waals surface area contributed by atoms with Crippen LogP contribution in [0, 0.1) is 5.92 Å². The summed E-state index contributed by atoms with van der Waals surface area (Å²) < 4.78 is 0. The second-order valence-corrected chi connectivity index (χ2v) is 5.07. The Morgan fingerprint density at radius 1 is 0.933 bits per heavy atom. The summed E-state index contributed by atoms with van der Waals surface area (Å²) in [4.78, 5) is 0. The number of hydrogen-bond acceptors (Lipinski definition) is 1. The molecule has 1 fully saturated rings. The summed E-state index contributed by atoms with van der Waals surface area (Å²) in [6.45, 7) is 6.08. The standard InChI is InChI=1S/C14H26O/c1-12(2)13-10-8-6-4-3-5-7-9-11-14(13)15/h13-15H,1,3-11H2,2H3. The zero-order valence-electron chi connectivity index (χ0n) is 10.2. The molecule has 1 saturated carbocycles. The molecule has 1 nitrogen and oxygen atoms in total. The van der Waals surface area contributed by atoms with E-state index in [-0.39, 0.29) is 6.10 Å². The maximum atomic E-state index is 10.1. The fraction of sp³-hybridized carbons (Fsp3) is 0.857. The molecular weight excluding hydrogens is 184 g/mol. The van der Waals surface area contributed by atoms with Crippen LogP contribution in [0.5, 0.6) is 0 Å². The van der Waals surface area contributed by atoms with Gasteiger partial charge in [0.1, 0.15) is 0 Å². The van der Waals surface area contributed by atoms with E-state index >= 15 is 0 Å². The van der Waals surface area contributed by atoms with Crippen molar-refractivity contribution in [2.45, 2.75) is 70.8 Å². The monoisotopic (exact) mass is 210 g/mol. The van der Waals surface area contributed by atoms with Gasteiger partial charge in [-0.1, -0.05) is 57.1 Å². The third-order valence-corrected chi connectivity index (χ3v) is 3.61. The second kappa shape index (κ2) is 7.05. The van der Waals surface area contributed by atoms with Crippen LogP contribution in [-0.4, -0.2) is 11.2 Å². The van der Waals surface area contributed by atoms with Crippen LogP contribution >= 0.6 is 0 Å². The van der Waals surface area contributed by atoms with Crippen LogP contribution in [0.15, 0.2) is 12.2 Å². The highest BCUT2D eigenvalue weighted by atomic mass is 16.3. The summed E-state index contributed by atoms with van der Waals surface area (Å²) >= 11 is 0. The van der Waals surface area contributed by atoms with Crippen LogP contribution in [0.2, 0.25) is 0 Å². The van der Waals surface area contributed by atoms with Crippen molar-refractivity contribution < 1.29 is 5.11 Å². The quantitative estimate of drug-likeness (QED) is 0.647. The molecule has 0 bridgehead atoms. The fourth-order valence-corrected chi connectivity index (χ4v) is 2.57. The van der Waals surface area contributed by atoms with Gasteiger partial charge >= 0.3 is 0 Å². The molecule has 0 amide bonds. The zero-order chi connectivity index (χ0) is 11.1. The average molecular weight is 210 g/mol. The molecular formula is C14H26O. The first kappa shape index (κ1) is 12.8. The summed E-state index contributed by atoms with van der Waals surface area (Å²) in [7, 11) is 0. The third kappa shape index (κ3) is 4.83. The van der Waals surface area contributed by atoms with Crippen molar-refractivity contribution >= 4 is 0 Å². The first-order chi connectivity index (χ1) is 7.22. The van der Waals surface area contributed by atoms with E-state index in [9.17, 15) is 5.11 Å². The van der Waals surface area contributed by atoms with Crippen molar-refractivity contribution in [1.29, 1.82) is 0 Å². The molecule has 15 heavy (non-hydrogen) atoms. The molecule has 2 atom stereocenters. The first-order valence-corrected chi connectivity index (χ1v) is 6.55. The predicted octanol–water partition coefficient (Wildman–Crippen LogP) is 4.06. The van der Waals surface area contributed by atoms with Gasteiger partial charge in [0.25, 0.3) is 0 Å². The van der Waals surface area contributed by atoms with Crippen molar-refractivity contribution in [3.05, 3.63) is 12.2 Å². The number of rotatable bonds is 1. The Hall–Kier alpha value is -0.300. The van der Waals surface area contributed by atoms with Gasteiger partial charge in [-0.3, -0.25) is 0 Å². The van der Waals surface area contributed by atoms with E-state index in [1.165, 1.54) is 50.5 Å². The van der Waals surface area contributed by atoms with E-state index in [1.807, 2.05) is 0 Å². The fourth-order valence-electron chi connectivity index (χ4n) is 2.57. The Labute approximate surface area is 94.6 Å². The lowest BCUT2D eigenvalue weighted by atomic mass is 9.87. The summed E-state index contributed by atoms with van der Waals surface area (Å²) in [5, 5.41) is 10.1. The number of aliphatic hydroxyl groups is 1. The van der Waals surface area contributed by atoms with Crippen molar-refractivity contribution in [2.24, 2.45) is 5.92 Å². The molecule has 2 unspecified atom stereocenters. The van der Waals surface area contributed by atoms with Crippen LogP contribution in [-0.2, 0) is 0 Å². The minimum Gasteiger partial charge on any atom is -0.393 e. The number of hydrogen-bond donors (Lipinski definition) is 1. The minimum absolute atomic E-state index is 0.138. The van der Waals surface area contributed by atoms with E-state index < -0.39 is 0 Å². The highest BCUT2D eigenvalue weighted by Gasteiger charge is 2.19. The molecule has 1 heteroatoms. The van der Waals surface area contributed by atoms with Gasteiger partial charge in [-0.25, -0.2) is 0 Å². The van der Waals surface area contributed by atoms with E-state index in [1.54, 1.807) is 0 Å². The van der Waals surface area contributed by atoms with Gasteiger partial charge in [-0.2, -0.15) is 0 Å². The summed E-state index contributed by atoms with van der Waals surface area (Å²) in [5.74, 6) is 0.350. The maximum Gasteiger partial charge on any atom is 0.0605 e. The molecule has 0 saturated heterocycles. The Balaban J connectivity index is 2.46. The SMILES string of the molecule is C=C(C)C1CCCCCCCCCC1O. The van der Waals surface area contributed by atoms with Gasteiger partial charge in [0.2, 0.25) is 0 Å². The molecule has 0 spiro atoms. The zero-order valence-corrected chi connectivity index (χ0v) is 10.2. The smallest absolute Gasteiger partial charge is 0.0605 e. The van der Waals surface area contributed by atoms with Crippen LogP contribution in [0.1, 0.15) is 64.7 Å². The molecule has 0 aromatic rings. The third-order valence-electron chi connectivity index (χ3n) is 3.61. The van der Waals surface area contributed by atoms with Gasteiger partial charge in [-0.05, 0) is 19.8 Å². The second-order valence-electron chi connectivity index (χ2n) is 5.07. The average Bonchev–Trinajstić information content (AvgIpc) is 2.23. The molecule has 0 radical (unpaired) electrons. The molecule has 1 rings (SSSR count). The molecule has 1 aliphatic carbocycles. The molecule has 1 N–H and O–H groups in total. The van der Waals surface area contributed by atoms with Gasteiger partial charge < -0.3 is 5.11 Å². The van der Waals surface area contributed by atoms with E-state index in [0.29, 0.717) is 5.92 Å². The van der Waals surface area contributed by atoms with Crippen molar-refractivity contribution in [1.82, 2.24) is 0 Å². The normalized spacial score (nSPS) is 30.5. The Morgan fingerprint density at radius 3 is 1.93 bits per heavy atom. The van der Waals surface area contributed by atoms with Crippen molar-refractivity contribution in [3.63, 3.8) is 0 Å². The first-order valence-electron chi connectivity index (χ1n) is 6.55. The summed E-state index contributed by atoms with van der Waals surface area (Å²) in [6, 6.07) is 0. The Morgan fingerprint density at radius 2 is 1.40 bits per heavy atom.